The normalized spacial score (nSPS) is 17.3. The average molecular weight is 572 g/mol. The topological polar surface area (TPSA) is 100 Å². The lowest BCUT2D eigenvalue weighted by molar-refractivity contribution is -0.119. The molecule has 2 aliphatic heterocycles. The van der Waals surface area contributed by atoms with Crippen LogP contribution in [0.1, 0.15) is 52.8 Å². The standard InChI is InChI=1S/C30H23Cl2N5O3/c1-15(2)36-26-25(35-27(36)20-11-17(14-33)6-10-24(20)40-4)28(38)37(23-13-19(32)7-5-16(23)3)30(26)21-9-8-18(31)12-22(21)34-29(30)39/h5-13,15H,1-4H3,(H,34,39)/t30-/m1/s1. The highest BCUT2D eigenvalue weighted by molar-refractivity contribution is 6.32. The van der Waals surface area contributed by atoms with Gasteiger partial charge in [-0.1, -0.05) is 35.3 Å². The monoisotopic (exact) mass is 571 g/mol. The minimum atomic E-state index is -1.60. The van der Waals surface area contributed by atoms with E-state index in [1.54, 1.807) is 48.5 Å². The van der Waals surface area contributed by atoms with Gasteiger partial charge in [-0.3, -0.25) is 14.5 Å². The highest BCUT2D eigenvalue weighted by atomic mass is 35.5. The van der Waals surface area contributed by atoms with Gasteiger partial charge in [0.1, 0.15) is 11.6 Å². The fraction of sp³-hybridized carbons (Fsp3) is 0.200. The van der Waals surface area contributed by atoms with E-state index in [1.165, 1.54) is 12.0 Å². The molecule has 3 aromatic carbocycles. The second-order valence-corrected chi connectivity index (χ2v) is 10.9. The van der Waals surface area contributed by atoms with E-state index in [0.29, 0.717) is 55.4 Å². The van der Waals surface area contributed by atoms with Gasteiger partial charge in [-0.15, -0.1) is 0 Å². The van der Waals surface area contributed by atoms with Gasteiger partial charge in [0.25, 0.3) is 11.8 Å². The van der Waals surface area contributed by atoms with Gasteiger partial charge in [0.15, 0.2) is 11.2 Å². The first-order valence-electron chi connectivity index (χ1n) is 12.6. The molecule has 0 bridgehead atoms. The Hall–Kier alpha value is -4.32. The Kier molecular flexibility index (Phi) is 5.91. The van der Waals surface area contributed by atoms with E-state index in [-0.39, 0.29) is 11.7 Å². The van der Waals surface area contributed by atoms with Crippen molar-refractivity contribution in [1.82, 2.24) is 9.55 Å². The summed E-state index contributed by atoms with van der Waals surface area (Å²) < 4.78 is 7.51. The van der Waals surface area contributed by atoms with Crippen LogP contribution in [0.3, 0.4) is 0 Å². The number of nitriles is 1. The number of ether oxygens (including phenoxy) is 1. The molecule has 4 aromatic rings. The summed E-state index contributed by atoms with van der Waals surface area (Å²) in [6.07, 6.45) is 0. The highest BCUT2D eigenvalue weighted by Crippen LogP contribution is 2.55. The van der Waals surface area contributed by atoms with Gasteiger partial charge in [0, 0.05) is 27.3 Å². The summed E-state index contributed by atoms with van der Waals surface area (Å²) in [5.41, 5.74) is 2.22. The first kappa shape index (κ1) is 25.9. The predicted molar refractivity (Wildman–Crippen MR) is 153 cm³/mol. The molecule has 0 saturated heterocycles. The van der Waals surface area contributed by atoms with E-state index < -0.39 is 17.4 Å². The van der Waals surface area contributed by atoms with Gasteiger partial charge in [-0.05, 0) is 68.8 Å². The van der Waals surface area contributed by atoms with E-state index in [2.05, 4.69) is 11.4 Å². The number of benzene rings is 3. The van der Waals surface area contributed by atoms with Gasteiger partial charge < -0.3 is 14.6 Å². The number of carbonyl (C=O) groups is 2. The van der Waals surface area contributed by atoms with E-state index in [1.807, 2.05) is 31.4 Å². The molecule has 0 aliphatic carbocycles. The Morgan fingerprint density at radius 3 is 2.48 bits per heavy atom. The van der Waals surface area contributed by atoms with Crippen LogP contribution in [0.15, 0.2) is 54.6 Å². The summed E-state index contributed by atoms with van der Waals surface area (Å²) in [5.74, 6) is 0.0349. The second kappa shape index (κ2) is 9.12. The number of aryl methyl sites for hydroxylation is 1. The average Bonchev–Trinajstić information content (AvgIpc) is 3.53. The first-order valence-corrected chi connectivity index (χ1v) is 13.3. The molecule has 6 rings (SSSR count). The van der Waals surface area contributed by atoms with Crippen molar-refractivity contribution < 1.29 is 14.3 Å². The van der Waals surface area contributed by atoms with Gasteiger partial charge in [0.05, 0.1) is 35.7 Å². The Morgan fingerprint density at radius 1 is 1.05 bits per heavy atom. The molecule has 1 N–H and O–H groups in total. The van der Waals surface area contributed by atoms with Crippen molar-refractivity contribution in [2.45, 2.75) is 32.4 Å². The molecule has 0 saturated carbocycles. The largest absolute Gasteiger partial charge is 0.496 e. The molecule has 2 amide bonds. The molecule has 200 valence electrons. The van der Waals surface area contributed by atoms with Crippen LogP contribution in [0.2, 0.25) is 10.0 Å². The van der Waals surface area contributed by atoms with Crippen LogP contribution in [0.25, 0.3) is 11.4 Å². The van der Waals surface area contributed by atoms with Gasteiger partial charge >= 0.3 is 0 Å². The molecule has 1 aromatic heterocycles. The number of halogens is 2. The molecule has 1 atom stereocenters. The first-order chi connectivity index (χ1) is 19.1. The zero-order valence-corrected chi connectivity index (χ0v) is 23.6. The summed E-state index contributed by atoms with van der Waals surface area (Å²) in [5, 5.41) is 13.4. The lowest BCUT2D eigenvalue weighted by Gasteiger charge is -2.36. The maximum Gasteiger partial charge on any atom is 0.280 e. The SMILES string of the molecule is COc1ccc(C#N)cc1-c1nc2c(n1C(C)C)[C@]1(C(=O)Nc3cc(Cl)ccc31)N(c1cc(Cl)ccc1C)C2=O. The minimum absolute atomic E-state index is 0.130. The molecule has 0 radical (unpaired) electrons. The number of nitrogens with one attached hydrogen (secondary N) is 1. The molecular weight excluding hydrogens is 549 g/mol. The Bertz CT molecular complexity index is 1810. The Balaban J connectivity index is 1.75. The maximum atomic E-state index is 14.5. The van der Waals surface area contributed by atoms with E-state index in [9.17, 15) is 14.9 Å². The number of fused-ring (bicyclic) bond motifs is 4. The Morgan fingerprint density at radius 2 is 1.77 bits per heavy atom. The molecule has 8 nitrogen and oxygen atoms in total. The lowest BCUT2D eigenvalue weighted by atomic mass is 9.86. The number of nitrogens with zero attached hydrogens (tertiary/aromatic N) is 4. The highest BCUT2D eigenvalue weighted by Gasteiger charge is 2.64. The van der Waals surface area contributed by atoms with E-state index in [0.717, 1.165) is 5.56 Å². The van der Waals surface area contributed by atoms with Crippen LogP contribution in [-0.4, -0.2) is 28.5 Å². The number of hydrogen-bond acceptors (Lipinski definition) is 5. The molecule has 2 aliphatic rings. The number of amides is 2. The summed E-state index contributed by atoms with van der Waals surface area (Å²) in [6.45, 7) is 5.76. The zero-order chi connectivity index (χ0) is 28.5. The molecule has 10 heteroatoms. The number of rotatable bonds is 4. The van der Waals surface area contributed by atoms with Crippen molar-refractivity contribution in [2.24, 2.45) is 0 Å². The van der Waals surface area contributed by atoms with Crippen LogP contribution in [0.5, 0.6) is 5.75 Å². The number of hydrogen-bond donors (Lipinski definition) is 1. The second-order valence-electron chi connectivity index (χ2n) is 10.0. The minimum Gasteiger partial charge on any atom is -0.496 e. The van der Waals surface area contributed by atoms with Gasteiger partial charge in [-0.25, -0.2) is 4.98 Å². The third-order valence-corrected chi connectivity index (χ3v) is 7.91. The Labute approximate surface area is 240 Å². The summed E-state index contributed by atoms with van der Waals surface area (Å²) in [7, 11) is 1.53. The maximum absolute atomic E-state index is 14.5. The summed E-state index contributed by atoms with van der Waals surface area (Å²) in [6, 6.07) is 17.3. The number of anilines is 2. The van der Waals surface area contributed by atoms with Crippen molar-refractivity contribution in [3.05, 3.63) is 92.7 Å². The van der Waals surface area contributed by atoms with Crippen LogP contribution >= 0.6 is 23.2 Å². The van der Waals surface area contributed by atoms with Crippen molar-refractivity contribution in [3.63, 3.8) is 0 Å². The molecular formula is C30H23Cl2N5O3. The number of methoxy groups -OCH3 is 1. The smallest absolute Gasteiger partial charge is 0.280 e. The third kappa shape index (κ3) is 3.41. The predicted octanol–water partition coefficient (Wildman–Crippen LogP) is 6.48. The van der Waals surface area contributed by atoms with E-state index >= 15 is 0 Å². The van der Waals surface area contributed by atoms with Crippen LogP contribution < -0.4 is 15.0 Å². The van der Waals surface area contributed by atoms with Crippen molar-refractivity contribution in [3.8, 4) is 23.2 Å². The molecule has 0 fully saturated rings. The van der Waals surface area contributed by atoms with Crippen LogP contribution in [0.4, 0.5) is 11.4 Å². The summed E-state index contributed by atoms with van der Waals surface area (Å²) in [4.78, 5) is 35.1. The molecule has 1 spiro atoms. The van der Waals surface area contributed by atoms with Crippen molar-refractivity contribution >= 4 is 46.4 Å². The fourth-order valence-electron chi connectivity index (χ4n) is 5.78. The number of imidazole rings is 1. The molecule has 40 heavy (non-hydrogen) atoms. The van der Waals surface area contributed by atoms with Crippen molar-refractivity contribution in [2.75, 3.05) is 17.3 Å². The number of carbonyl (C=O) groups excluding carboxylic acids is 2. The van der Waals surface area contributed by atoms with Crippen molar-refractivity contribution in [1.29, 1.82) is 5.26 Å². The summed E-state index contributed by atoms with van der Waals surface area (Å²) >= 11 is 12.7. The van der Waals surface area contributed by atoms with Crippen LogP contribution in [-0.2, 0) is 10.3 Å². The van der Waals surface area contributed by atoms with E-state index in [4.69, 9.17) is 32.9 Å². The zero-order valence-electron chi connectivity index (χ0n) is 22.0. The fourth-order valence-corrected chi connectivity index (χ4v) is 6.12. The lowest BCUT2D eigenvalue weighted by Crippen LogP contribution is -2.51. The third-order valence-electron chi connectivity index (χ3n) is 7.44. The van der Waals surface area contributed by atoms with Gasteiger partial charge in [0.2, 0.25) is 0 Å². The molecule has 0 unspecified atom stereocenters. The van der Waals surface area contributed by atoms with Gasteiger partial charge in [-0.2, -0.15) is 5.26 Å². The molecule has 3 heterocycles. The number of aromatic nitrogens is 2. The quantitative estimate of drug-likeness (QED) is 0.302. The van der Waals surface area contributed by atoms with Crippen LogP contribution in [0, 0.1) is 18.3 Å².